The minimum Gasteiger partial charge on any atom is -0.488 e. The molecule has 1 heterocycles. The van der Waals surface area contributed by atoms with Crippen molar-refractivity contribution in [3.63, 3.8) is 0 Å². The van der Waals surface area contributed by atoms with Gasteiger partial charge in [-0.25, -0.2) is 0 Å². The highest BCUT2D eigenvalue weighted by Gasteiger charge is 2.29. The van der Waals surface area contributed by atoms with Crippen LogP contribution in [0.25, 0.3) is 6.08 Å². The smallest absolute Gasteiger partial charge is 0.255 e. The number of fused-ring (bicyclic) bond motifs is 1. The summed E-state index contributed by atoms with van der Waals surface area (Å²) < 4.78 is 6.90. The number of nitrogens with zero attached hydrogens (tertiary/aromatic N) is 1. The Balaban J connectivity index is 1.41. The van der Waals surface area contributed by atoms with Crippen molar-refractivity contribution >= 4 is 17.7 Å². The van der Waals surface area contributed by atoms with E-state index in [-0.39, 0.29) is 11.3 Å². The van der Waals surface area contributed by atoms with Gasteiger partial charge in [-0.1, -0.05) is 45.4 Å². The Labute approximate surface area is 199 Å². The van der Waals surface area contributed by atoms with Crippen LogP contribution in [0.15, 0.2) is 48.0 Å². The van der Waals surface area contributed by atoms with Crippen LogP contribution in [0.2, 0.25) is 0 Å². The zero-order valence-electron chi connectivity index (χ0n) is 20.9. The van der Waals surface area contributed by atoms with Gasteiger partial charge in [-0.3, -0.25) is 4.79 Å². The monoisotopic (exact) mass is 447 g/mol. The Morgan fingerprint density at radius 2 is 1.73 bits per heavy atom. The number of rotatable bonds is 5. The SMILES string of the molecule is CC(C)(C)c1ccc2c(c1)C=C(C(=O)Nc1ccc(C[N+](C)(C)C3CCCCC3)cc1)CO2. The first kappa shape index (κ1) is 23.6. The van der Waals surface area contributed by atoms with E-state index in [1.54, 1.807) is 0 Å². The van der Waals surface area contributed by atoms with Gasteiger partial charge in [-0.05, 0) is 67.0 Å². The van der Waals surface area contributed by atoms with E-state index in [0.29, 0.717) is 12.2 Å². The molecule has 2 aromatic carbocycles. The second-order valence-electron chi connectivity index (χ2n) is 11.3. The molecular weight excluding hydrogens is 408 g/mol. The third-order valence-electron chi connectivity index (χ3n) is 7.25. The summed E-state index contributed by atoms with van der Waals surface area (Å²) in [5.74, 6) is 0.732. The molecule has 4 nitrogen and oxygen atoms in total. The van der Waals surface area contributed by atoms with Crippen molar-refractivity contribution in [2.75, 3.05) is 26.0 Å². The van der Waals surface area contributed by atoms with E-state index in [1.807, 2.05) is 24.3 Å². The predicted octanol–water partition coefficient (Wildman–Crippen LogP) is 6.31. The van der Waals surface area contributed by atoms with Crippen LogP contribution < -0.4 is 10.1 Å². The lowest BCUT2D eigenvalue weighted by molar-refractivity contribution is -0.929. The zero-order valence-corrected chi connectivity index (χ0v) is 20.9. The maximum atomic E-state index is 12.9. The molecule has 2 aliphatic rings. The molecule has 0 bridgehead atoms. The van der Waals surface area contributed by atoms with E-state index >= 15 is 0 Å². The number of carbonyl (C=O) groups excluding carboxylic acids is 1. The molecular formula is C29H39N2O2+. The lowest BCUT2D eigenvalue weighted by Crippen LogP contribution is -2.48. The van der Waals surface area contributed by atoms with Crippen LogP contribution in [0.4, 0.5) is 5.69 Å². The van der Waals surface area contributed by atoms with Crippen LogP contribution in [-0.4, -0.2) is 37.1 Å². The first-order valence-corrected chi connectivity index (χ1v) is 12.3. The highest BCUT2D eigenvalue weighted by molar-refractivity contribution is 6.07. The lowest BCUT2D eigenvalue weighted by Gasteiger charge is -2.40. The van der Waals surface area contributed by atoms with Gasteiger partial charge in [0.1, 0.15) is 18.9 Å². The average molecular weight is 448 g/mol. The number of nitrogens with one attached hydrogen (secondary N) is 1. The van der Waals surface area contributed by atoms with E-state index in [9.17, 15) is 4.79 Å². The van der Waals surface area contributed by atoms with Crippen molar-refractivity contribution in [2.45, 2.75) is 70.9 Å². The van der Waals surface area contributed by atoms with Gasteiger partial charge in [0.25, 0.3) is 5.91 Å². The van der Waals surface area contributed by atoms with E-state index in [4.69, 9.17) is 4.74 Å². The number of hydrogen-bond donors (Lipinski definition) is 1. The van der Waals surface area contributed by atoms with E-state index < -0.39 is 0 Å². The predicted molar refractivity (Wildman–Crippen MR) is 136 cm³/mol. The quantitative estimate of drug-likeness (QED) is 0.546. The number of amides is 1. The molecule has 33 heavy (non-hydrogen) atoms. The molecule has 0 saturated heterocycles. The standard InChI is InChI=1S/C29H38N2O2/c1-29(2,3)24-13-16-27-22(18-24)17-23(20-33-27)28(32)30-25-14-11-21(12-15-25)19-31(4,5)26-9-7-6-8-10-26/h11-18,26H,6-10,19-20H2,1-5H3/p+1. The highest BCUT2D eigenvalue weighted by atomic mass is 16.5. The van der Waals surface area contributed by atoms with Crippen molar-refractivity contribution in [3.8, 4) is 5.75 Å². The minimum atomic E-state index is -0.104. The molecule has 0 aromatic heterocycles. The summed E-state index contributed by atoms with van der Waals surface area (Å²) in [4.78, 5) is 12.9. The average Bonchev–Trinajstić information content (AvgIpc) is 2.79. The Kier molecular flexibility index (Phi) is 6.67. The molecule has 0 atom stereocenters. The molecule has 4 heteroatoms. The first-order chi connectivity index (χ1) is 15.6. The number of ether oxygens (including phenoxy) is 1. The Morgan fingerprint density at radius 1 is 1.03 bits per heavy atom. The van der Waals surface area contributed by atoms with Crippen molar-refractivity contribution in [2.24, 2.45) is 0 Å². The van der Waals surface area contributed by atoms with Crippen molar-refractivity contribution in [3.05, 3.63) is 64.7 Å². The summed E-state index contributed by atoms with van der Waals surface area (Å²) >= 11 is 0. The van der Waals surface area contributed by atoms with Gasteiger partial charge >= 0.3 is 0 Å². The maximum Gasteiger partial charge on any atom is 0.255 e. The largest absolute Gasteiger partial charge is 0.488 e. The van der Waals surface area contributed by atoms with Crippen LogP contribution in [0.1, 0.15) is 69.6 Å². The number of anilines is 1. The third-order valence-corrected chi connectivity index (χ3v) is 7.25. The summed E-state index contributed by atoms with van der Waals surface area (Å²) in [6, 6.07) is 15.3. The molecule has 176 valence electrons. The molecule has 1 fully saturated rings. The minimum absolute atomic E-state index is 0.0503. The van der Waals surface area contributed by atoms with Crippen LogP contribution in [-0.2, 0) is 16.8 Å². The van der Waals surface area contributed by atoms with Crippen molar-refractivity contribution in [1.82, 2.24) is 0 Å². The second-order valence-corrected chi connectivity index (χ2v) is 11.3. The topological polar surface area (TPSA) is 38.3 Å². The number of hydrogen-bond acceptors (Lipinski definition) is 2. The molecule has 1 aliphatic heterocycles. The summed E-state index contributed by atoms with van der Waals surface area (Å²) in [6.07, 6.45) is 8.73. The highest BCUT2D eigenvalue weighted by Crippen LogP contribution is 2.32. The summed E-state index contributed by atoms with van der Waals surface area (Å²) in [6.45, 7) is 7.88. The van der Waals surface area contributed by atoms with Gasteiger partial charge in [0, 0.05) is 16.8 Å². The lowest BCUT2D eigenvalue weighted by atomic mass is 9.85. The Morgan fingerprint density at radius 3 is 2.39 bits per heavy atom. The molecule has 4 rings (SSSR count). The van der Waals surface area contributed by atoms with E-state index in [0.717, 1.165) is 34.1 Å². The Bertz CT molecular complexity index is 1020. The number of quaternary nitrogens is 1. The summed E-state index contributed by atoms with van der Waals surface area (Å²) in [5.41, 5.74) is 5.03. The zero-order chi connectivity index (χ0) is 23.6. The second kappa shape index (κ2) is 9.34. The molecule has 1 N–H and O–H groups in total. The normalized spacial score (nSPS) is 17.1. The van der Waals surface area contributed by atoms with Gasteiger partial charge < -0.3 is 14.5 Å². The fraction of sp³-hybridized carbons (Fsp3) is 0.483. The van der Waals surface area contributed by atoms with Gasteiger partial charge in [-0.2, -0.15) is 0 Å². The summed E-state index contributed by atoms with van der Waals surface area (Å²) in [5, 5.41) is 3.05. The molecule has 0 spiro atoms. The molecule has 1 saturated carbocycles. The first-order valence-electron chi connectivity index (χ1n) is 12.3. The maximum absolute atomic E-state index is 12.9. The van der Waals surface area contributed by atoms with Crippen molar-refractivity contribution < 1.29 is 14.0 Å². The summed E-state index contributed by atoms with van der Waals surface area (Å²) in [7, 11) is 4.70. The van der Waals surface area contributed by atoms with Crippen LogP contribution in [0.5, 0.6) is 5.75 Å². The van der Waals surface area contributed by atoms with E-state index in [2.05, 4.69) is 64.4 Å². The fourth-order valence-corrected chi connectivity index (χ4v) is 5.06. The number of carbonyl (C=O) groups is 1. The molecule has 0 unspecified atom stereocenters. The van der Waals surface area contributed by atoms with Crippen molar-refractivity contribution in [1.29, 1.82) is 0 Å². The number of benzene rings is 2. The molecule has 0 radical (unpaired) electrons. The van der Waals surface area contributed by atoms with Gasteiger partial charge in [0.2, 0.25) is 0 Å². The van der Waals surface area contributed by atoms with Crippen LogP contribution in [0, 0.1) is 0 Å². The molecule has 1 aliphatic carbocycles. The van der Waals surface area contributed by atoms with Crippen LogP contribution in [0.3, 0.4) is 0 Å². The fourth-order valence-electron chi connectivity index (χ4n) is 5.06. The Hall–Kier alpha value is -2.59. The molecule has 2 aromatic rings. The van der Waals surface area contributed by atoms with Gasteiger partial charge in [0.15, 0.2) is 0 Å². The van der Waals surface area contributed by atoms with E-state index in [1.165, 1.54) is 43.2 Å². The third kappa shape index (κ3) is 5.67. The van der Waals surface area contributed by atoms with Crippen LogP contribution >= 0.6 is 0 Å². The molecule has 1 amide bonds. The van der Waals surface area contributed by atoms with Gasteiger partial charge in [-0.15, -0.1) is 0 Å². The van der Waals surface area contributed by atoms with Gasteiger partial charge in [0.05, 0.1) is 25.7 Å².